The average Bonchev–Trinajstić information content (AvgIpc) is 2.99. The Labute approximate surface area is 273 Å². The van der Waals surface area contributed by atoms with Crippen LogP contribution < -0.4 is 9.62 Å². The molecule has 2 N–H and O–H groups in total. The maximum absolute atomic E-state index is 13.7. The predicted octanol–water partition coefficient (Wildman–Crippen LogP) is 6.68. The average molecular weight is 668 g/mol. The molecule has 47 heavy (non-hydrogen) atoms. The number of nitrogens with zero attached hydrogens (tertiary/aromatic N) is 2. The van der Waals surface area contributed by atoms with Crippen LogP contribution in [0.3, 0.4) is 0 Å². The molecule has 0 spiro atoms. The third-order valence-corrected chi connectivity index (χ3v) is 12.2. The first-order valence-electron chi connectivity index (χ1n) is 16.4. The highest BCUT2D eigenvalue weighted by Gasteiger charge is 2.52. The van der Waals surface area contributed by atoms with Crippen LogP contribution >= 0.6 is 0 Å². The van der Waals surface area contributed by atoms with Gasteiger partial charge in [0.2, 0.25) is 10.0 Å². The normalized spacial score (nSPS) is 26.0. The topological polar surface area (TPSA) is 90.0 Å². The fourth-order valence-electron chi connectivity index (χ4n) is 9.15. The highest BCUT2D eigenvalue weighted by Crippen LogP contribution is 2.60. The van der Waals surface area contributed by atoms with Crippen molar-refractivity contribution in [1.29, 1.82) is 0 Å². The second-order valence-corrected chi connectivity index (χ2v) is 16.1. The van der Waals surface area contributed by atoms with Gasteiger partial charge in [0.1, 0.15) is 5.75 Å². The highest BCUT2D eigenvalue weighted by molar-refractivity contribution is 7.90. The number of amides is 1. The van der Waals surface area contributed by atoms with Gasteiger partial charge >= 0.3 is 6.18 Å². The summed E-state index contributed by atoms with van der Waals surface area (Å²) in [4.78, 5) is 17.2. The summed E-state index contributed by atoms with van der Waals surface area (Å²) in [5.41, 5.74) is 1.71. The number of phenolic OH excluding ortho intramolecular Hbond substituents is 1. The minimum absolute atomic E-state index is 0.0104. The predicted molar refractivity (Wildman–Crippen MR) is 174 cm³/mol. The van der Waals surface area contributed by atoms with Crippen molar-refractivity contribution in [1.82, 2.24) is 9.62 Å². The highest BCUT2D eigenvalue weighted by atomic mass is 32.2. The Morgan fingerprint density at radius 1 is 0.851 bits per heavy atom. The Morgan fingerprint density at radius 3 is 2.09 bits per heavy atom. The van der Waals surface area contributed by atoms with E-state index in [4.69, 9.17) is 0 Å². The van der Waals surface area contributed by atoms with Crippen LogP contribution in [0.4, 0.5) is 18.9 Å². The standard InChI is InChI=1S/C36H40F3N3O4S/c37-36(38,39)31-16-27(15-30(17-31)29-2-1-3-33(43)18-29)22-41-8-10-42(11-9-41)32-6-4-28(5-7-32)34(44)40-47(45,46)23-35-19-24-12-25(20-35)14-26(13-24)21-35/h1-7,15-18,24-26,43H,8-14,19-23H2,(H,40,44). The summed E-state index contributed by atoms with van der Waals surface area (Å²) in [5, 5.41) is 9.85. The molecule has 4 aliphatic carbocycles. The van der Waals surface area contributed by atoms with E-state index in [1.807, 2.05) is 12.1 Å². The van der Waals surface area contributed by atoms with E-state index in [-0.39, 0.29) is 22.5 Å². The molecule has 5 aliphatic rings. The molecular formula is C36H40F3N3O4S. The summed E-state index contributed by atoms with van der Waals surface area (Å²) >= 11 is 0. The summed E-state index contributed by atoms with van der Waals surface area (Å²) in [7, 11) is -3.77. The molecule has 3 aromatic carbocycles. The van der Waals surface area contributed by atoms with Gasteiger partial charge in [-0.2, -0.15) is 13.2 Å². The van der Waals surface area contributed by atoms with Crippen LogP contribution in [0.15, 0.2) is 66.7 Å². The summed E-state index contributed by atoms with van der Waals surface area (Å²) in [6.07, 6.45) is 2.05. The maximum Gasteiger partial charge on any atom is 0.416 e. The minimum atomic E-state index is -4.50. The monoisotopic (exact) mass is 667 g/mol. The van der Waals surface area contributed by atoms with Gasteiger partial charge in [-0.05, 0) is 133 Å². The van der Waals surface area contributed by atoms with Gasteiger partial charge in [-0.25, -0.2) is 13.1 Å². The van der Waals surface area contributed by atoms with Crippen LogP contribution in [0.5, 0.6) is 5.75 Å². The molecule has 4 saturated carbocycles. The molecular weight excluding hydrogens is 627 g/mol. The first kappa shape index (κ1) is 32.0. The Morgan fingerprint density at radius 2 is 1.49 bits per heavy atom. The van der Waals surface area contributed by atoms with Crippen LogP contribution in [0.2, 0.25) is 0 Å². The molecule has 0 aromatic heterocycles. The molecule has 0 unspecified atom stereocenters. The lowest BCUT2D eigenvalue weighted by atomic mass is 9.50. The van der Waals surface area contributed by atoms with Gasteiger partial charge in [0, 0.05) is 44.0 Å². The van der Waals surface area contributed by atoms with Crippen LogP contribution in [0, 0.1) is 23.2 Å². The number of carbonyl (C=O) groups excluding carboxylic acids is 1. The Bertz CT molecular complexity index is 1720. The van der Waals surface area contributed by atoms with E-state index in [1.165, 1.54) is 37.5 Å². The number of carbonyl (C=O) groups is 1. The molecule has 5 fully saturated rings. The summed E-state index contributed by atoms with van der Waals surface area (Å²) in [6, 6.07) is 17.2. The SMILES string of the molecule is O=C(NS(=O)(=O)CC12CC3CC(CC(C3)C1)C2)c1ccc(N2CCN(Cc3cc(-c4cccc(O)c4)cc(C(F)(F)F)c3)CC2)cc1. The van der Waals surface area contributed by atoms with Crippen LogP contribution in [-0.2, 0) is 22.7 Å². The second-order valence-electron chi connectivity index (χ2n) is 14.4. The molecule has 1 amide bonds. The number of nitrogens with one attached hydrogen (secondary N) is 1. The van der Waals surface area contributed by atoms with Crippen LogP contribution in [0.25, 0.3) is 11.1 Å². The molecule has 250 valence electrons. The van der Waals surface area contributed by atoms with Gasteiger partial charge < -0.3 is 10.0 Å². The Kier molecular flexibility index (Phi) is 8.27. The number of sulfonamides is 1. The zero-order chi connectivity index (χ0) is 33.0. The number of phenols is 1. The number of anilines is 1. The van der Waals surface area contributed by atoms with E-state index in [0.29, 0.717) is 67.2 Å². The summed E-state index contributed by atoms with van der Waals surface area (Å²) in [6.45, 7) is 2.89. The lowest BCUT2D eigenvalue weighted by Crippen LogP contribution is -2.51. The molecule has 7 nitrogen and oxygen atoms in total. The second kappa shape index (κ2) is 12.1. The van der Waals surface area contributed by atoms with Gasteiger partial charge in [0.25, 0.3) is 5.91 Å². The molecule has 11 heteroatoms. The molecule has 4 bridgehead atoms. The third-order valence-electron chi connectivity index (χ3n) is 10.7. The van der Waals surface area contributed by atoms with E-state index < -0.39 is 27.7 Å². The molecule has 1 heterocycles. The van der Waals surface area contributed by atoms with Crippen molar-refractivity contribution < 1.29 is 31.5 Å². The van der Waals surface area contributed by atoms with Crippen molar-refractivity contribution in [2.75, 3.05) is 36.8 Å². The summed E-state index contributed by atoms with van der Waals surface area (Å²) < 4.78 is 69.9. The lowest BCUT2D eigenvalue weighted by molar-refractivity contribution is -0.137. The third kappa shape index (κ3) is 7.16. The quantitative estimate of drug-likeness (QED) is 0.279. The van der Waals surface area contributed by atoms with Crippen LogP contribution in [0.1, 0.15) is 60.0 Å². The van der Waals surface area contributed by atoms with Gasteiger partial charge in [-0.1, -0.05) is 12.1 Å². The maximum atomic E-state index is 13.7. The number of rotatable bonds is 8. The van der Waals surface area contributed by atoms with Gasteiger partial charge in [0.15, 0.2) is 0 Å². The zero-order valence-corrected chi connectivity index (χ0v) is 27.0. The molecule has 3 aromatic rings. The first-order valence-corrected chi connectivity index (χ1v) is 18.1. The molecule has 0 atom stereocenters. The number of hydrogen-bond acceptors (Lipinski definition) is 6. The molecule has 8 rings (SSSR count). The van der Waals surface area contributed by atoms with Gasteiger partial charge in [-0.3, -0.25) is 9.69 Å². The van der Waals surface area contributed by atoms with Crippen molar-refractivity contribution in [2.45, 2.75) is 51.2 Å². The number of piperazine rings is 1. The van der Waals surface area contributed by atoms with Crippen LogP contribution in [-0.4, -0.2) is 56.3 Å². The zero-order valence-electron chi connectivity index (χ0n) is 26.2. The summed E-state index contributed by atoms with van der Waals surface area (Å²) in [5.74, 6) is 1.29. The fourth-order valence-corrected chi connectivity index (χ4v) is 10.8. The smallest absolute Gasteiger partial charge is 0.416 e. The number of benzene rings is 3. The van der Waals surface area contributed by atoms with E-state index in [2.05, 4.69) is 14.5 Å². The van der Waals surface area contributed by atoms with Crippen molar-refractivity contribution in [3.05, 3.63) is 83.4 Å². The van der Waals surface area contributed by atoms with E-state index >= 15 is 0 Å². The molecule has 1 saturated heterocycles. The van der Waals surface area contributed by atoms with Crippen molar-refractivity contribution >= 4 is 21.6 Å². The van der Waals surface area contributed by atoms with E-state index in [0.717, 1.165) is 31.0 Å². The van der Waals surface area contributed by atoms with Crippen molar-refractivity contribution in [3.8, 4) is 16.9 Å². The first-order chi connectivity index (χ1) is 22.3. The lowest BCUT2D eigenvalue weighted by Gasteiger charge is -2.56. The number of alkyl halides is 3. The number of halogens is 3. The van der Waals surface area contributed by atoms with E-state index in [1.54, 1.807) is 30.3 Å². The molecule has 1 aliphatic heterocycles. The number of hydrogen-bond donors (Lipinski definition) is 2. The number of aromatic hydroxyl groups is 1. The fraction of sp³-hybridized carbons (Fsp3) is 0.472. The largest absolute Gasteiger partial charge is 0.508 e. The van der Waals surface area contributed by atoms with Gasteiger partial charge in [-0.15, -0.1) is 0 Å². The van der Waals surface area contributed by atoms with Crippen molar-refractivity contribution in [3.63, 3.8) is 0 Å². The Hall–Kier alpha value is -3.57. The van der Waals surface area contributed by atoms with Crippen molar-refractivity contribution in [2.24, 2.45) is 23.2 Å². The van der Waals surface area contributed by atoms with E-state index in [9.17, 15) is 31.5 Å². The molecule has 0 radical (unpaired) electrons. The minimum Gasteiger partial charge on any atom is -0.508 e. The Balaban J connectivity index is 0.952. The van der Waals surface area contributed by atoms with Gasteiger partial charge in [0.05, 0.1) is 11.3 Å².